The number of nitrogens with zero attached hydrogens (tertiary/aromatic N) is 1. The minimum absolute atomic E-state index is 0.171. The van der Waals surface area contributed by atoms with Crippen LogP contribution in [0.2, 0.25) is 0 Å². The summed E-state index contributed by atoms with van der Waals surface area (Å²) in [5, 5.41) is 19.6. The Morgan fingerprint density at radius 1 is 0.778 bits per heavy atom. The van der Waals surface area contributed by atoms with Gasteiger partial charge in [-0.05, 0) is 29.2 Å². The maximum Gasteiger partial charge on any atom is 0.234 e. The van der Waals surface area contributed by atoms with Crippen LogP contribution < -0.4 is 0 Å². The second-order valence-electron chi connectivity index (χ2n) is 8.09. The van der Waals surface area contributed by atoms with Crippen molar-refractivity contribution in [3.8, 4) is 0 Å². The van der Waals surface area contributed by atoms with Crippen molar-refractivity contribution >= 4 is 11.8 Å². The number of likely N-dealkylation sites (tertiary alicyclic amines) is 1. The van der Waals surface area contributed by atoms with Gasteiger partial charge in [-0.15, -0.1) is 0 Å². The fraction of sp³-hybridized carbons (Fsp3) is 0.364. The summed E-state index contributed by atoms with van der Waals surface area (Å²) in [4.78, 5) is 28.0. The fourth-order valence-corrected chi connectivity index (χ4v) is 5.40. The molecule has 0 aromatic heterocycles. The summed E-state index contributed by atoms with van der Waals surface area (Å²) >= 11 is 0. The lowest BCUT2D eigenvalue weighted by Crippen LogP contribution is -2.55. The third kappa shape index (κ3) is 1.91. The van der Waals surface area contributed by atoms with Crippen molar-refractivity contribution < 1.29 is 19.8 Å². The van der Waals surface area contributed by atoms with Crippen molar-refractivity contribution in [2.45, 2.75) is 24.3 Å². The summed E-state index contributed by atoms with van der Waals surface area (Å²) < 4.78 is 0. The van der Waals surface area contributed by atoms with E-state index in [1.807, 2.05) is 24.3 Å². The first-order valence-electron chi connectivity index (χ1n) is 9.31. The van der Waals surface area contributed by atoms with Crippen LogP contribution in [0.5, 0.6) is 0 Å². The smallest absolute Gasteiger partial charge is 0.234 e. The van der Waals surface area contributed by atoms with E-state index in [1.165, 1.54) is 0 Å². The topological polar surface area (TPSA) is 77.8 Å². The Morgan fingerprint density at radius 3 is 1.41 bits per heavy atom. The lowest BCUT2D eigenvalue weighted by molar-refractivity contribution is -0.150. The molecule has 27 heavy (non-hydrogen) atoms. The highest BCUT2D eigenvalue weighted by molar-refractivity contribution is 6.08. The number of carbonyl (C=O) groups is 2. The molecule has 2 amide bonds. The van der Waals surface area contributed by atoms with Crippen molar-refractivity contribution in [3.63, 3.8) is 0 Å². The molecule has 1 fully saturated rings. The van der Waals surface area contributed by atoms with Gasteiger partial charge in [0.25, 0.3) is 0 Å². The third-order valence-electron chi connectivity index (χ3n) is 6.67. The maximum absolute atomic E-state index is 13.4. The summed E-state index contributed by atoms with van der Waals surface area (Å²) in [5.74, 6) is -1.87. The number of hydrogen-bond acceptors (Lipinski definition) is 4. The molecule has 5 heteroatoms. The summed E-state index contributed by atoms with van der Waals surface area (Å²) in [6.45, 7) is 0.633. The maximum atomic E-state index is 13.4. The van der Waals surface area contributed by atoms with Crippen LogP contribution in [0.25, 0.3) is 0 Å². The van der Waals surface area contributed by atoms with Gasteiger partial charge in [-0.25, -0.2) is 0 Å². The highest BCUT2D eigenvalue weighted by Gasteiger charge is 2.63. The molecule has 2 aromatic rings. The van der Waals surface area contributed by atoms with Crippen molar-refractivity contribution in [1.29, 1.82) is 0 Å². The first-order valence-corrected chi connectivity index (χ1v) is 9.31. The molecule has 2 bridgehead atoms. The van der Waals surface area contributed by atoms with E-state index < -0.39 is 30.6 Å². The van der Waals surface area contributed by atoms with Gasteiger partial charge in [0.15, 0.2) is 0 Å². The zero-order valence-electron chi connectivity index (χ0n) is 15.0. The van der Waals surface area contributed by atoms with E-state index >= 15 is 0 Å². The van der Waals surface area contributed by atoms with E-state index in [0.29, 0.717) is 0 Å². The van der Waals surface area contributed by atoms with Gasteiger partial charge >= 0.3 is 0 Å². The molecular formula is C22H21NO4. The number of imide groups is 1. The van der Waals surface area contributed by atoms with Crippen molar-refractivity contribution in [1.82, 2.24) is 4.90 Å². The zero-order chi connectivity index (χ0) is 18.9. The average molecular weight is 363 g/mol. The average Bonchev–Trinajstić information content (AvgIpc) is 2.99. The Hall–Kier alpha value is -2.50. The van der Waals surface area contributed by atoms with Crippen LogP contribution in [0.4, 0.5) is 0 Å². The molecule has 4 aliphatic rings. The van der Waals surface area contributed by atoms with E-state index in [1.54, 1.807) is 6.92 Å². The van der Waals surface area contributed by atoms with E-state index in [0.717, 1.165) is 27.2 Å². The minimum atomic E-state index is -1.29. The van der Waals surface area contributed by atoms with Crippen molar-refractivity contribution in [3.05, 3.63) is 70.8 Å². The number of aliphatic hydroxyl groups excluding tert-OH is 2. The van der Waals surface area contributed by atoms with Crippen LogP contribution in [0.15, 0.2) is 48.5 Å². The second kappa shape index (κ2) is 5.50. The molecule has 2 aromatic carbocycles. The Labute approximate surface area is 157 Å². The standard InChI is InChI=1S/C22H21NO4/c1-22(10-24,11-25)23-20(26)18-16-12-6-2-3-7-13(12)17(19(18)21(23)27)15-9-5-4-8-14(15)16/h2-9,16-19,24-25H,10-11H2,1H3/t16?,17?,18-,19-/m1/s1. The number of benzene rings is 2. The molecule has 0 radical (unpaired) electrons. The Kier molecular flexibility index (Phi) is 3.39. The van der Waals surface area contributed by atoms with Crippen LogP contribution in [-0.4, -0.2) is 45.7 Å². The summed E-state index contributed by atoms with van der Waals surface area (Å²) in [6, 6.07) is 16.1. The summed E-state index contributed by atoms with van der Waals surface area (Å²) in [5.41, 5.74) is 3.16. The number of hydrogen-bond donors (Lipinski definition) is 2. The lowest BCUT2D eigenvalue weighted by Gasteiger charge is -2.45. The molecule has 1 heterocycles. The molecule has 1 aliphatic heterocycles. The highest BCUT2D eigenvalue weighted by Crippen LogP contribution is 2.61. The normalized spacial score (nSPS) is 28.2. The number of rotatable bonds is 3. The van der Waals surface area contributed by atoms with Crippen LogP contribution in [0, 0.1) is 11.8 Å². The van der Waals surface area contributed by atoms with Gasteiger partial charge < -0.3 is 10.2 Å². The number of carbonyl (C=O) groups excluding carboxylic acids is 2. The molecule has 6 rings (SSSR count). The molecule has 138 valence electrons. The van der Waals surface area contributed by atoms with Gasteiger partial charge in [0.2, 0.25) is 11.8 Å². The Bertz CT molecular complexity index is 849. The SMILES string of the molecule is CC(CO)(CO)N1C(=O)[C@@H]2C3c4ccccc4C(c4ccccc43)[C@H]2C1=O. The quantitative estimate of drug-likeness (QED) is 0.813. The molecule has 2 atom stereocenters. The number of amides is 2. The predicted octanol–water partition coefficient (Wildman–Crippen LogP) is 1.62. The minimum Gasteiger partial charge on any atom is -0.394 e. The Balaban J connectivity index is 1.74. The first-order chi connectivity index (χ1) is 13.0. The van der Waals surface area contributed by atoms with Gasteiger partial charge in [0, 0.05) is 11.8 Å². The van der Waals surface area contributed by atoms with Crippen molar-refractivity contribution in [2.75, 3.05) is 13.2 Å². The molecular weight excluding hydrogens is 342 g/mol. The van der Waals surface area contributed by atoms with Crippen LogP contribution in [0.3, 0.4) is 0 Å². The molecule has 5 nitrogen and oxygen atoms in total. The van der Waals surface area contributed by atoms with Crippen molar-refractivity contribution in [2.24, 2.45) is 11.8 Å². The van der Waals surface area contributed by atoms with Gasteiger partial charge in [0.05, 0.1) is 30.6 Å². The molecule has 1 saturated heterocycles. The molecule has 0 saturated carbocycles. The largest absolute Gasteiger partial charge is 0.394 e. The van der Waals surface area contributed by atoms with Gasteiger partial charge in [0.1, 0.15) is 0 Å². The summed E-state index contributed by atoms with van der Waals surface area (Å²) in [6.07, 6.45) is 0. The third-order valence-corrected chi connectivity index (χ3v) is 6.67. The molecule has 3 aliphatic carbocycles. The van der Waals surface area contributed by atoms with Crippen LogP contribution >= 0.6 is 0 Å². The van der Waals surface area contributed by atoms with E-state index in [-0.39, 0.29) is 23.7 Å². The Morgan fingerprint density at radius 2 is 1.11 bits per heavy atom. The molecule has 0 spiro atoms. The fourth-order valence-electron chi connectivity index (χ4n) is 5.40. The van der Waals surface area contributed by atoms with E-state index in [9.17, 15) is 19.8 Å². The second-order valence-corrected chi connectivity index (χ2v) is 8.09. The lowest BCUT2D eigenvalue weighted by atomic mass is 9.55. The van der Waals surface area contributed by atoms with E-state index in [2.05, 4.69) is 24.3 Å². The number of aliphatic hydroxyl groups is 2. The van der Waals surface area contributed by atoms with Crippen LogP contribution in [-0.2, 0) is 9.59 Å². The predicted molar refractivity (Wildman–Crippen MR) is 98.0 cm³/mol. The van der Waals surface area contributed by atoms with E-state index in [4.69, 9.17) is 0 Å². The van der Waals surface area contributed by atoms with Gasteiger partial charge in [-0.2, -0.15) is 0 Å². The first kappa shape index (κ1) is 16.7. The molecule has 2 N–H and O–H groups in total. The van der Waals surface area contributed by atoms with Gasteiger partial charge in [-0.1, -0.05) is 48.5 Å². The summed E-state index contributed by atoms with van der Waals surface area (Å²) in [7, 11) is 0. The molecule has 0 unspecified atom stereocenters. The monoisotopic (exact) mass is 363 g/mol. The van der Waals surface area contributed by atoms with Gasteiger partial charge in [-0.3, -0.25) is 14.5 Å². The van der Waals surface area contributed by atoms with Crippen LogP contribution in [0.1, 0.15) is 41.0 Å². The highest BCUT2D eigenvalue weighted by atomic mass is 16.3. The zero-order valence-corrected chi connectivity index (χ0v) is 15.0.